The molecule has 1 aromatic heterocycles. The summed E-state index contributed by atoms with van der Waals surface area (Å²) in [6.45, 7) is 10.3. The van der Waals surface area contributed by atoms with E-state index in [0.29, 0.717) is 16.8 Å². The van der Waals surface area contributed by atoms with Crippen molar-refractivity contribution >= 4 is 17.7 Å². The van der Waals surface area contributed by atoms with Gasteiger partial charge in [0.2, 0.25) is 5.91 Å². The van der Waals surface area contributed by atoms with Gasteiger partial charge in [0, 0.05) is 17.3 Å². The third kappa shape index (κ3) is 5.26. The van der Waals surface area contributed by atoms with Gasteiger partial charge in [0.15, 0.2) is 11.0 Å². The Morgan fingerprint density at radius 1 is 0.966 bits per heavy atom. The van der Waals surface area contributed by atoms with Crippen LogP contribution in [0, 0.1) is 19.8 Å². The van der Waals surface area contributed by atoms with Crippen molar-refractivity contribution in [1.82, 2.24) is 20.1 Å². The zero-order valence-corrected chi connectivity index (χ0v) is 18.5. The Hall–Kier alpha value is -2.60. The van der Waals surface area contributed by atoms with E-state index >= 15 is 0 Å². The van der Waals surface area contributed by atoms with E-state index in [9.17, 15) is 4.79 Å². The van der Waals surface area contributed by atoms with Gasteiger partial charge in [-0.15, -0.1) is 10.2 Å². The third-order valence-electron chi connectivity index (χ3n) is 4.96. The molecule has 0 bridgehead atoms. The molecule has 0 unspecified atom stereocenters. The first-order valence-corrected chi connectivity index (χ1v) is 10.9. The zero-order chi connectivity index (χ0) is 21.0. The van der Waals surface area contributed by atoms with Gasteiger partial charge < -0.3 is 5.32 Å². The molecular formula is C23H28N4OS. The molecule has 1 heterocycles. The summed E-state index contributed by atoms with van der Waals surface area (Å²) in [5.41, 5.74) is 4.36. The summed E-state index contributed by atoms with van der Waals surface area (Å²) >= 11 is 1.40. The van der Waals surface area contributed by atoms with Crippen molar-refractivity contribution in [3.63, 3.8) is 0 Å². The number of rotatable bonds is 7. The number of hydrogen-bond acceptors (Lipinski definition) is 4. The van der Waals surface area contributed by atoms with Gasteiger partial charge in [0.05, 0.1) is 5.75 Å². The largest absolute Gasteiger partial charge is 0.353 e. The molecule has 6 heteroatoms. The molecule has 0 radical (unpaired) electrons. The number of hydrogen-bond donors (Lipinski definition) is 1. The minimum absolute atomic E-state index is 0.00606. The Kier molecular flexibility index (Phi) is 6.75. The lowest BCUT2D eigenvalue weighted by molar-refractivity contribution is -0.119. The summed E-state index contributed by atoms with van der Waals surface area (Å²) in [6, 6.07) is 16.6. The average Bonchev–Trinajstić information content (AvgIpc) is 3.11. The number of carbonyl (C=O) groups is 1. The Morgan fingerprint density at radius 3 is 2.14 bits per heavy atom. The van der Waals surface area contributed by atoms with Crippen LogP contribution in [0.25, 0.3) is 17.1 Å². The quantitative estimate of drug-likeness (QED) is 0.570. The number of carbonyl (C=O) groups excluding carboxylic acids is 1. The van der Waals surface area contributed by atoms with E-state index in [-0.39, 0.29) is 11.9 Å². The number of thioether (sulfide) groups is 1. The summed E-state index contributed by atoms with van der Waals surface area (Å²) in [7, 11) is 0. The minimum Gasteiger partial charge on any atom is -0.353 e. The molecule has 0 aliphatic carbocycles. The van der Waals surface area contributed by atoms with Crippen LogP contribution in [0.3, 0.4) is 0 Å². The lowest BCUT2D eigenvalue weighted by Gasteiger charge is -2.17. The Morgan fingerprint density at radius 2 is 1.55 bits per heavy atom. The second kappa shape index (κ2) is 9.27. The van der Waals surface area contributed by atoms with E-state index in [2.05, 4.69) is 91.7 Å². The minimum atomic E-state index is 0.00606. The molecule has 0 fully saturated rings. The highest BCUT2D eigenvalue weighted by Gasteiger charge is 2.18. The first kappa shape index (κ1) is 21.1. The van der Waals surface area contributed by atoms with Gasteiger partial charge in [-0.2, -0.15) is 0 Å². The van der Waals surface area contributed by atoms with Crippen LogP contribution in [0.2, 0.25) is 0 Å². The number of aromatic nitrogens is 3. The summed E-state index contributed by atoms with van der Waals surface area (Å²) in [5, 5.41) is 12.6. The second-order valence-corrected chi connectivity index (χ2v) is 8.67. The van der Waals surface area contributed by atoms with Gasteiger partial charge in [0.1, 0.15) is 0 Å². The van der Waals surface area contributed by atoms with Crippen molar-refractivity contribution in [3.05, 3.63) is 59.7 Å². The highest BCUT2D eigenvalue weighted by molar-refractivity contribution is 7.99. The van der Waals surface area contributed by atoms with Crippen molar-refractivity contribution in [1.29, 1.82) is 0 Å². The Bertz CT molecular complexity index is 962. The summed E-state index contributed by atoms with van der Waals surface area (Å²) in [4.78, 5) is 12.3. The van der Waals surface area contributed by atoms with Crippen LogP contribution in [0.5, 0.6) is 0 Å². The molecule has 0 saturated heterocycles. The van der Waals surface area contributed by atoms with Crippen LogP contribution in [0.4, 0.5) is 0 Å². The van der Waals surface area contributed by atoms with E-state index in [1.807, 2.05) is 11.5 Å². The van der Waals surface area contributed by atoms with E-state index in [0.717, 1.165) is 17.1 Å². The topological polar surface area (TPSA) is 59.8 Å². The second-order valence-electron chi connectivity index (χ2n) is 7.73. The molecule has 1 N–H and O–H groups in total. The van der Waals surface area contributed by atoms with Crippen LogP contribution in [0.1, 0.15) is 31.9 Å². The van der Waals surface area contributed by atoms with Gasteiger partial charge in [-0.3, -0.25) is 9.36 Å². The first-order chi connectivity index (χ1) is 13.8. The molecule has 1 atom stereocenters. The third-order valence-corrected chi connectivity index (χ3v) is 5.89. The highest BCUT2D eigenvalue weighted by Crippen LogP contribution is 2.28. The van der Waals surface area contributed by atoms with Crippen molar-refractivity contribution < 1.29 is 4.79 Å². The van der Waals surface area contributed by atoms with Crippen molar-refractivity contribution in [2.45, 2.75) is 45.8 Å². The molecule has 5 nitrogen and oxygen atoms in total. The molecule has 29 heavy (non-hydrogen) atoms. The fourth-order valence-corrected chi connectivity index (χ4v) is 3.54. The van der Waals surface area contributed by atoms with Crippen LogP contribution >= 0.6 is 11.8 Å². The standard InChI is InChI=1S/C23H28N4OS/c1-15(2)18(5)24-21(28)14-29-23-26-25-22(19-10-6-16(3)7-11-19)27(23)20-12-8-17(4)9-13-20/h6-13,15,18H,14H2,1-5H3,(H,24,28)/t18-/m0/s1. The van der Waals surface area contributed by atoms with Crippen LogP contribution in [0.15, 0.2) is 53.7 Å². The van der Waals surface area contributed by atoms with Gasteiger partial charge in [-0.05, 0) is 38.8 Å². The number of amides is 1. The molecule has 1 amide bonds. The van der Waals surface area contributed by atoms with E-state index in [1.165, 1.54) is 22.9 Å². The molecule has 0 spiro atoms. The molecule has 2 aromatic carbocycles. The Labute approximate surface area is 176 Å². The summed E-state index contributed by atoms with van der Waals surface area (Å²) in [6.07, 6.45) is 0. The maximum absolute atomic E-state index is 12.3. The lowest BCUT2D eigenvalue weighted by Crippen LogP contribution is -2.37. The van der Waals surface area contributed by atoms with Crippen molar-refractivity contribution in [2.75, 3.05) is 5.75 Å². The van der Waals surface area contributed by atoms with Crippen LogP contribution in [-0.2, 0) is 4.79 Å². The molecule has 3 aromatic rings. The normalized spacial score (nSPS) is 12.2. The molecule has 152 valence electrons. The number of benzene rings is 2. The highest BCUT2D eigenvalue weighted by atomic mass is 32.2. The molecule has 0 aliphatic rings. The zero-order valence-electron chi connectivity index (χ0n) is 17.6. The fourth-order valence-electron chi connectivity index (χ4n) is 2.77. The van der Waals surface area contributed by atoms with Crippen molar-refractivity contribution in [2.24, 2.45) is 5.92 Å². The predicted octanol–water partition coefficient (Wildman–Crippen LogP) is 4.80. The predicted molar refractivity (Wildman–Crippen MR) is 119 cm³/mol. The van der Waals surface area contributed by atoms with Gasteiger partial charge >= 0.3 is 0 Å². The molecule has 0 saturated carbocycles. The number of nitrogens with one attached hydrogen (secondary N) is 1. The molecule has 0 aliphatic heterocycles. The van der Waals surface area contributed by atoms with E-state index < -0.39 is 0 Å². The van der Waals surface area contributed by atoms with Crippen LogP contribution in [-0.4, -0.2) is 32.5 Å². The van der Waals surface area contributed by atoms with Gasteiger partial charge in [-0.25, -0.2) is 0 Å². The smallest absolute Gasteiger partial charge is 0.230 e. The molecule has 3 rings (SSSR count). The fraction of sp³-hybridized carbons (Fsp3) is 0.348. The number of aryl methyl sites for hydroxylation is 2. The summed E-state index contributed by atoms with van der Waals surface area (Å²) in [5.74, 6) is 1.47. The first-order valence-electron chi connectivity index (χ1n) is 9.87. The van der Waals surface area contributed by atoms with Gasteiger partial charge in [0.25, 0.3) is 0 Å². The van der Waals surface area contributed by atoms with E-state index in [1.54, 1.807) is 0 Å². The average molecular weight is 409 g/mol. The maximum atomic E-state index is 12.3. The summed E-state index contributed by atoms with van der Waals surface area (Å²) < 4.78 is 2.02. The monoisotopic (exact) mass is 408 g/mol. The van der Waals surface area contributed by atoms with E-state index in [4.69, 9.17) is 0 Å². The van der Waals surface area contributed by atoms with Gasteiger partial charge in [-0.1, -0.05) is 73.1 Å². The Balaban J connectivity index is 1.90. The van der Waals surface area contributed by atoms with Crippen molar-refractivity contribution in [3.8, 4) is 17.1 Å². The maximum Gasteiger partial charge on any atom is 0.230 e. The van der Waals surface area contributed by atoms with Crippen LogP contribution < -0.4 is 5.32 Å². The number of nitrogens with zero attached hydrogens (tertiary/aromatic N) is 3. The lowest BCUT2D eigenvalue weighted by atomic mass is 10.1. The SMILES string of the molecule is Cc1ccc(-c2nnc(SCC(=O)N[C@@H](C)C(C)C)n2-c2ccc(C)cc2)cc1. The molecular weight excluding hydrogens is 380 g/mol.